The van der Waals surface area contributed by atoms with E-state index in [2.05, 4.69) is 104 Å². The van der Waals surface area contributed by atoms with Gasteiger partial charge < -0.3 is 154 Å². The van der Waals surface area contributed by atoms with Crippen LogP contribution in [0.25, 0.3) is 0 Å². The zero-order chi connectivity index (χ0) is 95.4. The number of nitrogens with two attached hydrogens (primary N) is 5. The number of nitrogens with zero attached hydrogens (tertiary/aromatic N) is 2. The van der Waals surface area contributed by atoms with Crippen LogP contribution in [0.2, 0.25) is 0 Å². The number of carboxylic acid groups (broad SMARTS) is 3. The van der Waals surface area contributed by atoms with Gasteiger partial charge in [0.2, 0.25) is 94.5 Å². The standard InChI is InChI=1S/C72H122N28O24S2/c1-7-34(6)54(69(123)124)98-49(104)26-85-55(109)41(23-50(105)106)91-62(116)43(27-101)94-61(115)42(24-51(107)108)92-63(117)44(28-102)95-64(118)45(29-125)96-57(111)36(12-8-18-82-70(75)76)88-59(113)39(16-17-48(73)103)89-60(114)40(22-35-25-81-31-86-35)93-65(119)47-15-11-21-100(47)68(122)46(30-126)97-58(112)37(13-9-19-83-71(77)78)87-56(110)38(14-10-20-84-72(79)80)90-67(121)53(33(4)5)99-66(120)52(74)32(2)3/h25,31-34,36-47,52-54,101-102,125-126H,7-24,26-30,74H2,1-6H3,(H2,73,103)(H,81,86)(H,85,109)(H,87,110)(H,88,113)(H,89,114)(H,90,121)(H,91,116)(H,92,117)(H,93,119)(H,94,115)(H,95,118)(H,96,111)(H,97,112)(H,98,104)(H,99,120)(H,105,106)(H,107,108)(H,123,124)(H4,75,76,82)(H4,77,78,83)(H4,79,80,84)/t34-,36-,37-,38-,39-,40-,41-,42-,43-,44-,45-,46-,47-,52-,53-,54-/m0/s1. The average molecular weight is 1830 g/mol. The lowest BCUT2D eigenvalue weighted by atomic mass is 9.99. The Hall–Kier alpha value is -12.5. The van der Waals surface area contributed by atoms with Gasteiger partial charge in [0.05, 0.1) is 50.7 Å². The number of likely N-dealkylation sites (tertiary alicyclic amines) is 1. The molecule has 1 aliphatic rings. The van der Waals surface area contributed by atoms with Crippen LogP contribution in [0.5, 0.6) is 0 Å². The number of hydrogen-bond donors (Lipinski definition) is 33. The average Bonchev–Trinajstić information content (AvgIpc) is 1.65. The molecule has 126 heavy (non-hydrogen) atoms. The summed E-state index contributed by atoms with van der Waals surface area (Å²) in [5, 5.41) is 112. The Kier molecular flexibility index (Phi) is 49.1. The molecule has 1 aromatic rings. The van der Waals surface area contributed by atoms with E-state index in [1.807, 2.05) is 21.3 Å². The number of guanidine groups is 3. The normalized spacial score (nSPS) is 15.8. The molecule has 36 N–H and O–H groups in total. The Morgan fingerprint density at radius 2 is 0.881 bits per heavy atom. The van der Waals surface area contributed by atoms with Crippen LogP contribution in [-0.2, 0) is 97.5 Å². The number of thiol groups is 2. The van der Waals surface area contributed by atoms with Gasteiger partial charge in [0.1, 0.15) is 84.6 Å². The number of primary amides is 1. The Morgan fingerprint density at radius 1 is 0.484 bits per heavy atom. The Bertz CT molecular complexity index is 3960. The summed E-state index contributed by atoms with van der Waals surface area (Å²) in [7, 11) is 0. The van der Waals surface area contributed by atoms with E-state index in [1.54, 1.807) is 34.6 Å². The summed E-state index contributed by atoms with van der Waals surface area (Å²) in [6, 6.07) is -24.9. The van der Waals surface area contributed by atoms with E-state index in [4.69, 9.17) is 44.9 Å². The lowest BCUT2D eigenvalue weighted by molar-refractivity contribution is -0.144. The maximum atomic E-state index is 14.7. The van der Waals surface area contributed by atoms with Crippen molar-refractivity contribution >= 4 is 156 Å². The summed E-state index contributed by atoms with van der Waals surface area (Å²) >= 11 is 8.51. The van der Waals surface area contributed by atoms with E-state index < -0.39 is 290 Å². The predicted octanol–water partition coefficient (Wildman–Crippen LogP) is -12.0. The number of amides is 16. The highest BCUT2D eigenvalue weighted by atomic mass is 32.1. The monoisotopic (exact) mass is 1830 g/mol. The van der Waals surface area contributed by atoms with Gasteiger partial charge in [-0.3, -0.25) is 103 Å². The van der Waals surface area contributed by atoms with Crippen molar-refractivity contribution in [3.05, 3.63) is 18.2 Å². The van der Waals surface area contributed by atoms with E-state index in [0.717, 1.165) is 4.90 Å². The number of aliphatic hydroxyl groups is 2. The first-order chi connectivity index (χ1) is 59.2. The van der Waals surface area contributed by atoms with Crippen LogP contribution in [-0.4, -0.2) is 319 Å². The van der Waals surface area contributed by atoms with E-state index in [0.29, 0.717) is 6.42 Å². The summed E-state index contributed by atoms with van der Waals surface area (Å²) in [4.78, 5) is 265. The van der Waals surface area contributed by atoms with Crippen molar-refractivity contribution in [2.45, 2.75) is 222 Å². The molecule has 2 heterocycles. The van der Waals surface area contributed by atoms with Crippen LogP contribution >= 0.6 is 25.3 Å². The first-order valence-corrected chi connectivity index (χ1v) is 41.4. The number of imidazole rings is 1. The molecule has 0 aliphatic carbocycles. The number of aromatic nitrogens is 2. The van der Waals surface area contributed by atoms with Crippen LogP contribution in [0, 0.1) is 34.0 Å². The van der Waals surface area contributed by atoms with Crippen LogP contribution < -0.4 is 119 Å². The van der Waals surface area contributed by atoms with Crippen LogP contribution in [0.15, 0.2) is 12.5 Å². The highest BCUT2D eigenvalue weighted by Crippen LogP contribution is 2.21. The maximum Gasteiger partial charge on any atom is 0.326 e. The van der Waals surface area contributed by atoms with Crippen molar-refractivity contribution in [2.75, 3.05) is 57.4 Å². The molecule has 2 rings (SSSR count). The second kappa shape index (κ2) is 56.4. The molecule has 1 aliphatic heterocycles. The molecule has 16 atom stereocenters. The molecule has 0 spiro atoms. The minimum absolute atomic E-state index is 0.0184. The molecular formula is C72H122N28O24S2. The number of H-pyrrole nitrogens is 1. The molecule has 1 saturated heterocycles. The summed E-state index contributed by atoms with van der Waals surface area (Å²) in [6.07, 6.45) is -1.54. The van der Waals surface area contributed by atoms with E-state index in [-0.39, 0.29) is 95.1 Å². The molecule has 54 heteroatoms. The number of aliphatic carboxylic acids is 3. The van der Waals surface area contributed by atoms with E-state index in [9.17, 15) is 117 Å². The number of nitrogens with one attached hydrogen (secondary N) is 21. The number of aromatic amines is 1. The van der Waals surface area contributed by atoms with Gasteiger partial charge in [-0.15, -0.1) is 0 Å². The van der Waals surface area contributed by atoms with Gasteiger partial charge in [-0.1, -0.05) is 48.0 Å². The second-order valence-corrected chi connectivity index (χ2v) is 30.7. The van der Waals surface area contributed by atoms with E-state index in [1.165, 1.54) is 19.4 Å². The van der Waals surface area contributed by atoms with Crippen LogP contribution in [0.3, 0.4) is 0 Å². The first-order valence-electron chi connectivity index (χ1n) is 40.1. The third-order valence-corrected chi connectivity index (χ3v) is 20.1. The maximum absolute atomic E-state index is 14.7. The van der Waals surface area contributed by atoms with Gasteiger partial charge in [0.25, 0.3) is 0 Å². The Morgan fingerprint density at radius 3 is 1.28 bits per heavy atom. The largest absolute Gasteiger partial charge is 0.481 e. The fraction of sp³-hybridized carbons (Fsp3) is 0.653. The molecule has 0 unspecified atom stereocenters. The molecule has 0 aromatic carbocycles. The van der Waals surface area contributed by atoms with Crippen molar-refractivity contribution in [2.24, 2.45) is 46.4 Å². The smallest absolute Gasteiger partial charge is 0.326 e. The molecule has 16 amide bonds. The quantitative estimate of drug-likeness (QED) is 0.0125. The fourth-order valence-corrected chi connectivity index (χ4v) is 12.6. The van der Waals surface area contributed by atoms with Gasteiger partial charge >= 0.3 is 17.9 Å². The molecular weight excluding hydrogens is 1710 g/mol. The van der Waals surface area contributed by atoms with Crippen molar-refractivity contribution < 1.29 is 117 Å². The van der Waals surface area contributed by atoms with Crippen molar-refractivity contribution in [1.82, 2.24) is 105 Å². The number of rotatable bonds is 59. The van der Waals surface area contributed by atoms with Gasteiger partial charge in [-0.25, -0.2) is 9.78 Å². The molecule has 0 saturated carbocycles. The lowest BCUT2D eigenvalue weighted by Crippen LogP contribution is -2.62. The summed E-state index contributed by atoms with van der Waals surface area (Å²) in [6.45, 7) is 6.18. The molecule has 706 valence electrons. The minimum Gasteiger partial charge on any atom is -0.481 e. The molecule has 1 aromatic heterocycles. The Balaban J connectivity index is 2.49. The molecule has 52 nitrogen and oxygen atoms in total. The Labute approximate surface area is 734 Å². The van der Waals surface area contributed by atoms with Gasteiger partial charge in [0, 0.05) is 56.7 Å². The zero-order valence-corrected chi connectivity index (χ0v) is 72.3. The van der Waals surface area contributed by atoms with Crippen LogP contribution in [0.4, 0.5) is 0 Å². The third kappa shape index (κ3) is 39.6. The third-order valence-electron chi connectivity index (χ3n) is 19.4. The number of aliphatic hydroxyl groups excluding tert-OH is 2. The second-order valence-electron chi connectivity index (χ2n) is 30.0. The zero-order valence-electron chi connectivity index (χ0n) is 70.5. The summed E-state index contributed by atoms with van der Waals surface area (Å²) in [5.74, 6) is -26.3. The number of hydrogen-bond acceptors (Lipinski definition) is 28. The number of carbonyl (C=O) groups excluding carboxylic acids is 16. The highest BCUT2D eigenvalue weighted by Gasteiger charge is 2.42. The first kappa shape index (κ1) is 110. The van der Waals surface area contributed by atoms with Gasteiger partial charge in [-0.05, 0) is 75.5 Å². The molecule has 0 radical (unpaired) electrons. The van der Waals surface area contributed by atoms with Gasteiger partial charge in [0.15, 0.2) is 17.9 Å². The summed E-state index contributed by atoms with van der Waals surface area (Å²) in [5.41, 5.74) is 28.2. The van der Waals surface area contributed by atoms with Crippen LogP contribution in [0.1, 0.15) is 131 Å². The fourth-order valence-electron chi connectivity index (χ4n) is 12.1. The minimum atomic E-state index is -2.23. The number of carboxylic acids is 3. The van der Waals surface area contributed by atoms with Crippen molar-refractivity contribution in [3.63, 3.8) is 0 Å². The lowest BCUT2D eigenvalue weighted by Gasteiger charge is -2.31. The molecule has 0 bridgehead atoms. The number of carbonyl (C=O) groups is 19. The van der Waals surface area contributed by atoms with Crippen molar-refractivity contribution in [3.8, 4) is 0 Å². The van der Waals surface area contributed by atoms with Crippen molar-refractivity contribution in [1.29, 1.82) is 16.2 Å². The summed E-state index contributed by atoms with van der Waals surface area (Å²) < 4.78 is 0. The predicted molar refractivity (Wildman–Crippen MR) is 452 cm³/mol. The SMILES string of the molecule is CC[C@H](C)[C@H](NC(=O)CNC(=O)[C@H](CC(=O)O)NC(=O)[C@H](CO)NC(=O)[C@H](CC(=O)O)NC(=O)[C@H](CO)NC(=O)[C@H](CS)NC(=O)[C@H](CCCNC(=N)N)NC(=O)[C@H](CCC(N)=O)NC(=O)[C@H](Cc1c[nH]cn1)NC(=O)[C@@H]1CCCN1C(=O)[C@H](CS)NC(=O)[C@H](CCCNC(=N)N)NC(=O)[C@H](CCCNC(=N)N)NC(=O)[C@@H](NC(=O)[C@@H](N)C(C)C)C(C)C)C(=O)O. The van der Waals surface area contributed by atoms with E-state index >= 15 is 0 Å². The highest BCUT2D eigenvalue weighted by molar-refractivity contribution is 7.80. The topological polar surface area (TPSA) is 864 Å². The van der Waals surface area contributed by atoms with Gasteiger partial charge in [-0.2, -0.15) is 25.3 Å². The molecule has 1 fully saturated rings.